The topological polar surface area (TPSA) is 27.6 Å². The Kier molecular flexibility index (Phi) is 3.82. The monoisotopic (exact) mass is 281 g/mol. The van der Waals surface area contributed by atoms with E-state index >= 15 is 0 Å². The van der Waals surface area contributed by atoms with Crippen LogP contribution in [-0.4, -0.2) is 47.5 Å². The first-order valence-corrected chi connectivity index (χ1v) is 8.68. The van der Waals surface area contributed by atoms with E-state index in [9.17, 15) is 0 Å². The molecule has 1 N–H and O–H groups in total. The molecule has 108 valence electrons. The summed E-state index contributed by atoms with van der Waals surface area (Å²) in [4.78, 5) is 7.37. The van der Waals surface area contributed by atoms with Gasteiger partial charge in [-0.3, -0.25) is 4.99 Å². The van der Waals surface area contributed by atoms with Gasteiger partial charge in [-0.15, -0.1) is 0 Å². The van der Waals surface area contributed by atoms with Gasteiger partial charge in [-0.05, 0) is 38.1 Å². The lowest BCUT2D eigenvalue weighted by Crippen LogP contribution is -2.55. The number of aliphatic imine (C=N–C) groups is 1. The lowest BCUT2D eigenvalue weighted by Gasteiger charge is -2.47. The number of amidine groups is 1. The van der Waals surface area contributed by atoms with E-state index < -0.39 is 0 Å². The number of nitrogens with zero attached hydrogens (tertiary/aromatic N) is 2. The van der Waals surface area contributed by atoms with Crippen molar-refractivity contribution in [3.8, 4) is 0 Å². The number of hydrogen-bond donors (Lipinski definition) is 1. The van der Waals surface area contributed by atoms with Gasteiger partial charge in [0, 0.05) is 30.4 Å². The van der Waals surface area contributed by atoms with Crippen LogP contribution in [0.4, 0.5) is 0 Å². The van der Waals surface area contributed by atoms with Gasteiger partial charge in [0.05, 0.1) is 0 Å². The molecule has 3 heterocycles. The zero-order chi connectivity index (χ0) is 13.5. The molecule has 3 aliphatic heterocycles. The fraction of sp³-hybridized carbons (Fsp3) is 0.933. The molecular weight excluding hydrogens is 254 g/mol. The average Bonchev–Trinajstić information content (AvgIpc) is 2.33. The number of thioether (sulfide) groups is 1. The molecular formula is C15H27N3S. The molecule has 0 aromatic heterocycles. The molecule has 2 fully saturated rings. The maximum atomic E-state index is 4.74. The number of nitrogens with one attached hydrogen (secondary N) is 1. The highest BCUT2D eigenvalue weighted by molar-refractivity contribution is 8.13. The van der Waals surface area contributed by atoms with Gasteiger partial charge in [-0.2, -0.15) is 0 Å². The van der Waals surface area contributed by atoms with Crippen molar-refractivity contribution in [1.82, 2.24) is 10.2 Å². The summed E-state index contributed by atoms with van der Waals surface area (Å²) in [6.07, 6.45) is 6.80. The molecule has 0 aromatic carbocycles. The molecule has 0 aliphatic carbocycles. The van der Waals surface area contributed by atoms with E-state index in [4.69, 9.17) is 4.99 Å². The van der Waals surface area contributed by atoms with Crippen molar-refractivity contribution < 1.29 is 0 Å². The molecule has 2 saturated heterocycles. The predicted octanol–water partition coefficient (Wildman–Crippen LogP) is 2.72. The summed E-state index contributed by atoms with van der Waals surface area (Å²) in [7, 11) is 2.32. The number of hydrogen-bond acceptors (Lipinski definition) is 4. The Hall–Kier alpha value is -0.220. The van der Waals surface area contributed by atoms with Gasteiger partial charge in [0.1, 0.15) is 0 Å². The van der Waals surface area contributed by atoms with Crippen LogP contribution in [0.25, 0.3) is 0 Å². The van der Waals surface area contributed by atoms with Crippen LogP contribution in [0.5, 0.6) is 0 Å². The fourth-order valence-corrected chi connectivity index (χ4v) is 4.66. The van der Waals surface area contributed by atoms with E-state index in [1.807, 2.05) is 11.8 Å². The van der Waals surface area contributed by atoms with Gasteiger partial charge in [-0.25, -0.2) is 0 Å². The maximum absolute atomic E-state index is 4.74. The largest absolute Gasteiger partial charge is 0.362 e. The molecule has 4 heteroatoms. The highest BCUT2D eigenvalue weighted by Gasteiger charge is 2.36. The second-order valence-corrected chi connectivity index (χ2v) is 8.26. The van der Waals surface area contributed by atoms with Crippen molar-refractivity contribution in [2.75, 3.05) is 19.3 Å². The summed E-state index contributed by atoms with van der Waals surface area (Å²) in [6, 6.07) is 2.25. The molecule has 0 aromatic rings. The van der Waals surface area contributed by atoms with Gasteiger partial charge in [-0.1, -0.05) is 32.0 Å². The molecule has 3 nitrogen and oxygen atoms in total. The van der Waals surface area contributed by atoms with Crippen LogP contribution in [0.1, 0.15) is 46.0 Å². The lowest BCUT2D eigenvalue weighted by atomic mass is 9.82. The van der Waals surface area contributed by atoms with Crippen LogP contribution in [-0.2, 0) is 0 Å². The van der Waals surface area contributed by atoms with E-state index in [0.717, 1.165) is 18.6 Å². The van der Waals surface area contributed by atoms with Crippen molar-refractivity contribution in [1.29, 1.82) is 0 Å². The van der Waals surface area contributed by atoms with Crippen molar-refractivity contribution in [2.24, 2.45) is 10.4 Å². The van der Waals surface area contributed by atoms with E-state index in [-0.39, 0.29) is 0 Å². The maximum Gasteiger partial charge on any atom is 0.156 e. The zero-order valence-electron chi connectivity index (χ0n) is 12.5. The molecule has 2 atom stereocenters. The molecule has 0 saturated carbocycles. The van der Waals surface area contributed by atoms with Crippen LogP contribution in [0, 0.1) is 5.41 Å². The first-order valence-electron chi connectivity index (χ1n) is 7.69. The minimum absolute atomic E-state index is 0.374. The third-order valence-electron chi connectivity index (χ3n) is 4.92. The summed E-state index contributed by atoms with van der Waals surface area (Å²) in [5, 5.41) is 4.93. The van der Waals surface area contributed by atoms with Crippen LogP contribution in [0.15, 0.2) is 4.99 Å². The molecule has 0 radical (unpaired) electrons. The smallest absolute Gasteiger partial charge is 0.156 e. The summed E-state index contributed by atoms with van der Waals surface area (Å²) >= 11 is 1.92. The molecule has 19 heavy (non-hydrogen) atoms. The van der Waals surface area contributed by atoms with Crippen molar-refractivity contribution in [3.63, 3.8) is 0 Å². The summed E-state index contributed by atoms with van der Waals surface area (Å²) in [5.41, 5.74) is 0.374. The Morgan fingerprint density at radius 1 is 1.26 bits per heavy atom. The van der Waals surface area contributed by atoms with Crippen molar-refractivity contribution in [3.05, 3.63) is 0 Å². The Morgan fingerprint density at radius 2 is 1.95 bits per heavy atom. The standard InChI is InChI=1S/C15H27N3S/c1-15(2)9-16-14(19-10-15)17-11-7-12-5-4-6-13(8-11)18(12)3/h11-13H,4-10H2,1-3H3,(H,16,17). The normalized spacial score (nSPS) is 38.7. The average molecular weight is 281 g/mol. The van der Waals surface area contributed by atoms with Gasteiger partial charge in [0.2, 0.25) is 0 Å². The Bertz CT molecular complexity index is 352. The second kappa shape index (κ2) is 5.28. The number of piperidine rings is 2. The quantitative estimate of drug-likeness (QED) is 0.801. The van der Waals surface area contributed by atoms with Crippen molar-refractivity contribution >= 4 is 16.9 Å². The van der Waals surface area contributed by atoms with Gasteiger partial charge in [0.25, 0.3) is 0 Å². The van der Waals surface area contributed by atoms with E-state index in [2.05, 4.69) is 31.1 Å². The predicted molar refractivity (Wildman–Crippen MR) is 83.9 cm³/mol. The summed E-state index contributed by atoms with van der Waals surface area (Å²) < 4.78 is 0. The van der Waals surface area contributed by atoms with Crippen LogP contribution in [0.2, 0.25) is 0 Å². The summed E-state index contributed by atoms with van der Waals surface area (Å²) in [6.45, 7) is 5.59. The highest BCUT2D eigenvalue weighted by Crippen LogP contribution is 2.33. The van der Waals surface area contributed by atoms with Crippen LogP contribution >= 0.6 is 11.8 Å². The Labute approximate surface area is 121 Å². The van der Waals surface area contributed by atoms with E-state index in [0.29, 0.717) is 11.5 Å². The minimum Gasteiger partial charge on any atom is -0.362 e. The SMILES string of the molecule is CN1C2CCCC1CC(NC1=NCC(C)(C)CS1)C2. The number of fused-ring (bicyclic) bond motifs is 2. The first kappa shape index (κ1) is 13.7. The van der Waals surface area contributed by atoms with Gasteiger partial charge >= 0.3 is 0 Å². The third kappa shape index (κ3) is 3.10. The molecule has 3 rings (SSSR count). The third-order valence-corrected chi connectivity index (χ3v) is 6.36. The summed E-state index contributed by atoms with van der Waals surface area (Å²) in [5.74, 6) is 1.19. The molecule has 3 aliphatic rings. The number of rotatable bonds is 1. The van der Waals surface area contributed by atoms with E-state index in [1.165, 1.54) is 43.0 Å². The minimum atomic E-state index is 0.374. The van der Waals surface area contributed by atoms with Gasteiger partial charge < -0.3 is 10.2 Å². The fourth-order valence-electron chi connectivity index (χ4n) is 3.64. The molecule has 0 amide bonds. The zero-order valence-corrected chi connectivity index (χ0v) is 13.3. The second-order valence-electron chi connectivity index (χ2n) is 7.29. The Balaban J connectivity index is 1.58. The molecule has 2 bridgehead atoms. The van der Waals surface area contributed by atoms with Crippen molar-refractivity contribution in [2.45, 2.75) is 64.1 Å². The molecule has 2 unspecified atom stereocenters. The first-order chi connectivity index (χ1) is 9.03. The Morgan fingerprint density at radius 3 is 2.53 bits per heavy atom. The molecule has 0 spiro atoms. The van der Waals surface area contributed by atoms with Crippen LogP contribution in [0.3, 0.4) is 0 Å². The van der Waals surface area contributed by atoms with Gasteiger partial charge in [0.15, 0.2) is 5.17 Å². The highest BCUT2D eigenvalue weighted by atomic mass is 32.2. The van der Waals surface area contributed by atoms with Crippen LogP contribution < -0.4 is 5.32 Å². The van der Waals surface area contributed by atoms with E-state index in [1.54, 1.807) is 0 Å². The lowest BCUT2D eigenvalue weighted by molar-refractivity contribution is 0.0530.